The lowest BCUT2D eigenvalue weighted by Crippen LogP contribution is -2.40. The summed E-state index contributed by atoms with van der Waals surface area (Å²) < 4.78 is 5.54. The Balaban J connectivity index is 1.44. The summed E-state index contributed by atoms with van der Waals surface area (Å²) in [6.45, 7) is 2.40. The summed E-state index contributed by atoms with van der Waals surface area (Å²) in [7, 11) is 0. The maximum Gasteiger partial charge on any atom is 0.321 e. The molecule has 1 aliphatic heterocycles. The van der Waals surface area contributed by atoms with E-state index in [0.29, 0.717) is 48.3 Å². The predicted molar refractivity (Wildman–Crippen MR) is 114 cm³/mol. The molecule has 0 saturated carbocycles. The van der Waals surface area contributed by atoms with Crippen molar-refractivity contribution in [2.24, 2.45) is 0 Å². The highest BCUT2D eigenvalue weighted by molar-refractivity contribution is 6.31. The molecule has 29 heavy (non-hydrogen) atoms. The SMILES string of the molecule is O=C(COCc1ccccc1Cl)N1CCCN(C(=O)Nc2ccc(Cl)cc2)CC1. The topological polar surface area (TPSA) is 61.9 Å². The number of nitrogens with one attached hydrogen (secondary N) is 1. The predicted octanol–water partition coefficient (Wildman–Crippen LogP) is 4.28. The van der Waals surface area contributed by atoms with Gasteiger partial charge in [-0.25, -0.2) is 4.79 Å². The Morgan fingerprint density at radius 3 is 2.38 bits per heavy atom. The molecule has 0 aromatic heterocycles. The van der Waals surface area contributed by atoms with Crippen molar-refractivity contribution in [3.05, 3.63) is 64.1 Å². The second-order valence-electron chi connectivity index (χ2n) is 6.74. The van der Waals surface area contributed by atoms with Gasteiger partial charge < -0.3 is 19.9 Å². The van der Waals surface area contributed by atoms with Crippen molar-refractivity contribution in [1.29, 1.82) is 0 Å². The summed E-state index contributed by atoms with van der Waals surface area (Å²) in [6, 6.07) is 14.2. The van der Waals surface area contributed by atoms with E-state index >= 15 is 0 Å². The normalized spacial score (nSPS) is 14.4. The molecule has 2 aromatic carbocycles. The molecule has 3 amide bonds. The van der Waals surface area contributed by atoms with Crippen LogP contribution in [0, 0.1) is 0 Å². The van der Waals surface area contributed by atoms with Gasteiger partial charge in [0, 0.05) is 41.9 Å². The fourth-order valence-electron chi connectivity index (χ4n) is 3.06. The van der Waals surface area contributed by atoms with Crippen molar-refractivity contribution in [3.63, 3.8) is 0 Å². The maximum absolute atomic E-state index is 12.5. The molecule has 0 radical (unpaired) electrons. The molecule has 0 aliphatic carbocycles. The van der Waals surface area contributed by atoms with E-state index in [1.807, 2.05) is 18.2 Å². The number of halogens is 2. The molecular weight excluding hydrogens is 413 g/mol. The molecule has 2 aromatic rings. The van der Waals surface area contributed by atoms with Crippen LogP contribution in [0.4, 0.5) is 10.5 Å². The molecule has 0 atom stereocenters. The van der Waals surface area contributed by atoms with Gasteiger partial charge in [0.1, 0.15) is 6.61 Å². The van der Waals surface area contributed by atoms with Crippen molar-refractivity contribution < 1.29 is 14.3 Å². The molecule has 1 aliphatic rings. The summed E-state index contributed by atoms with van der Waals surface area (Å²) in [5.41, 5.74) is 1.53. The van der Waals surface area contributed by atoms with Crippen molar-refractivity contribution in [2.75, 3.05) is 38.1 Å². The standard InChI is InChI=1S/C21H23Cl2N3O3/c22-17-6-8-18(9-7-17)24-21(28)26-11-3-10-25(12-13-26)20(27)15-29-14-16-4-1-2-5-19(16)23/h1-2,4-9H,3,10-15H2,(H,24,28). The number of hydrogen-bond acceptors (Lipinski definition) is 3. The molecule has 3 rings (SSSR count). The number of benzene rings is 2. The van der Waals surface area contributed by atoms with Crippen LogP contribution >= 0.6 is 23.2 Å². The van der Waals surface area contributed by atoms with Gasteiger partial charge in [0.25, 0.3) is 0 Å². The number of urea groups is 1. The van der Waals surface area contributed by atoms with Crippen LogP contribution in [-0.2, 0) is 16.1 Å². The number of nitrogens with zero attached hydrogens (tertiary/aromatic N) is 2. The minimum absolute atomic E-state index is 0.0117. The fourth-order valence-corrected chi connectivity index (χ4v) is 3.38. The minimum atomic E-state index is -0.184. The van der Waals surface area contributed by atoms with Crippen LogP contribution in [0.5, 0.6) is 0 Å². The van der Waals surface area contributed by atoms with Gasteiger partial charge in [-0.15, -0.1) is 0 Å². The number of ether oxygens (including phenoxy) is 1. The van der Waals surface area contributed by atoms with Crippen LogP contribution in [0.2, 0.25) is 10.0 Å². The molecule has 1 fully saturated rings. The molecule has 154 valence electrons. The zero-order valence-corrected chi connectivity index (χ0v) is 17.5. The third kappa shape index (κ3) is 6.35. The molecular formula is C21H23Cl2N3O3. The van der Waals surface area contributed by atoms with Gasteiger partial charge in [0.15, 0.2) is 0 Å². The smallest absolute Gasteiger partial charge is 0.321 e. The maximum atomic E-state index is 12.5. The third-order valence-corrected chi connectivity index (χ3v) is 5.29. The van der Waals surface area contributed by atoms with E-state index in [2.05, 4.69) is 5.32 Å². The first-order valence-electron chi connectivity index (χ1n) is 9.43. The monoisotopic (exact) mass is 435 g/mol. The fraction of sp³-hybridized carbons (Fsp3) is 0.333. The Kier molecular flexibility index (Phi) is 7.75. The third-order valence-electron chi connectivity index (χ3n) is 4.67. The first-order valence-corrected chi connectivity index (χ1v) is 10.2. The Morgan fingerprint density at radius 2 is 1.62 bits per heavy atom. The van der Waals surface area contributed by atoms with E-state index in [-0.39, 0.29) is 25.2 Å². The number of carbonyl (C=O) groups excluding carboxylic acids is 2. The molecule has 0 spiro atoms. The van der Waals surface area contributed by atoms with Crippen LogP contribution in [0.25, 0.3) is 0 Å². The second-order valence-corrected chi connectivity index (χ2v) is 7.59. The van der Waals surface area contributed by atoms with Gasteiger partial charge in [-0.05, 0) is 42.3 Å². The highest BCUT2D eigenvalue weighted by Gasteiger charge is 2.22. The largest absolute Gasteiger partial charge is 0.367 e. The van der Waals surface area contributed by atoms with Crippen molar-refractivity contribution in [1.82, 2.24) is 9.80 Å². The summed E-state index contributed by atoms with van der Waals surface area (Å²) in [4.78, 5) is 28.4. The zero-order chi connectivity index (χ0) is 20.6. The lowest BCUT2D eigenvalue weighted by atomic mass is 10.2. The molecule has 0 bridgehead atoms. The van der Waals surface area contributed by atoms with Crippen molar-refractivity contribution in [2.45, 2.75) is 13.0 Å². The van der Waals surface area contributed by atoms with E-state index in [4.69, 9.17) is 27.9 Å². The summed E-state index contributed by atoms with van der Waals surface area (Å²) in [5, 5.41) is 4.09. The zero-order valence-electron chi connectivity index (χ0n) is 15.9. The van der Waals surface area contributed by atoms with Gasteiger partial charge >= 0.3 is 6.03 Å². The Labute approximate surface area is 180 Å². The number of hydrogen-bond donors (Lipinski definition) is 1. The van der Waals surface area contributed by atoms with E-state index in [0.717, 1.165) is 5.56 Å². The Bertz CT molecular complexity index is 845. The van der Waals surface area contributed by atoms with E-state index in [9.17, 15) is 9.59 Å². The first-order chi connectivity index (χ1) is 14.0. The molecule has 0 unspecified atom stereocenters. The average Bonchev–Trinajstić information content (AvgIpc) is 2.97. The highest BCUT2D eigenvalue weighted by atomic mass is 35.5. The number of anilines is 1. The summed E-state index contributed by atoms with van der Waals surface area (Å²) >= 11 is 12.0. The van der Waals surface area contributed by atoms with Gasteiger partial charge in [-0.3, -0.25) is 4.79 Å². The highest BCUT2D eigenvalue weighted by Crippen LogP contribution is 2.16. The van der Waals surface area contributed by atoms with Crippen molar-refractivity contribution in [3.8, 4) is 0 Å². The van der Waals surface area contributed by atoms with E-state index in [1.54, 1.807) is 40.1 Å². The lowest BCUT2D eigenvalue weighted by molar-refractivity contribution is -0.136. The van der Waals surface area contributed by atoms with Gasteiger partial charge in [-0.2, -0.15) is 0 Å². The Hall–Kier alpha value is -2.28. The van der Waals surface area contributed by atoms with Crippen LogP contribution < -0.4 is 5.32 Å². The molecule has 1 saturated heterocycles. The van der Waals surface area contributed by atoms with Crippen LogP contribution in [0.3, 0.4) is 0 Å². The summed E-state index contributed by atoms with van der Waals surface area (Å²) in [6.07, 6.45) is 0.713. The minimum Gasteiger partial charge on any atom is -0.367 e. The van der Waals surface area contributed by atoms with Crippen LogP contribution in [0.1, 0.15) is 12.0 Å². The quantitative estimate of drug-likeness (QED) is 0.762. The van der Waals surface area contributed by atoms with E-state index in [1.165, 1.54) is 0 Å². The number of carbonyl (C=O) groups is 2. The van der Waals surface area contributed by atoms with Gasteiger partial charge in [0.05, 0.1) is 6.61 Å². The first kappa shape index (κ1) is 21.4. The van der Waals surface area contributed by atoms with Crippen LogP contribution in [-0.4, -0.2) is 54.5 Å². The van der Waals surface area contributed by atoms with Crippen LogP contribution in [0.15, 0.2) is 48.5 Å². The Morgan fingerprint density at radius 1 is 0.931 bits per heavy atom. The van der Waals surface area contributed by atoms with Gasteiger partial charge in [-0.1, -0.05) is 41.4 Å². The molecule has 8 heteroatoms. The molecule has 1 heterocycles. The lowest BCUT2D eigenvalue weighted by Gasteiger charge is -2.22. The van der Waals surface area contributed by atoms with Gasteiger partial charge in [0.2, 0.25) is 5.91 Å². The molecule has 1 N–H and O–H groups in total. The second kappa shape index (κ2) is 10.5. The number of rotatable bonds is 5. The van der Waals surface area contributed by atoms with E-state index < -0.39 is 0 Å². The number of amides is 3. The molecule has 6 nitrogen and oxygen atoms in total. The average molecular weight is 436 g/mol. The van der Waals surface area contributed by atoms with Crippen molar-refractivity contribution >= 4 is 40.8 Å². The summed E-state index contributed by atoms with van der Waals surface area (Å²) in [5.74, 6) is -0.0861.